The monoisotopic (exact) mass is 474 g/mol. The van der Waals surface area contributed by atoms with Crippen LogP contribution in [0.5, 0.6) is 11.5 Å². The second-order valence-corrected chi connectivity index (χ2v) is 10.6. The van der Waals surface area contributed by atoms with E-state index < -0.39 is 15.9 Å². The van der Waals surface area contributed by atoms with Crippen LogP contribution < -0.4 is 15.2 Å². The Morgan fingerprint density at radius 3 is 2.61 bits per heavy atom. The molecule has 0 aliphatic carbocycles. The molecule has 4 rings (SSSR count). The Morgan fingerprint density at radius 2 is 1.94 bits per heavy atom. The minimum Gasteiger partial charge on any atom is -0.493 e. The van der Waals surface area contributed by atoms with Crippen molar-refractivity contribution in [3.05, 3.63) is 58.0 Å². The third-order valence-corrected chi connectivity index (χ3v) is 7.01. The Balaban J connectivity index is 1.88. The number of para-hydroxylation sites is 1. The molecule has 0 saturated carbocycles. The van der Waals surface area contributed by atoms with Gasteiger partial charge in [-0.15, -0.1) is 0 Å². The fourth-order valence-corrected chi connectivity index (χ4v) is 5.52. The average Bonchev–Trinajstić information content (AvgIpc) is 3.13. The Kier molecular flexibility index (Phi) is 6.81. The van der Waals surface area contributed by atoms with Gasteiger partial charge in [0.05, 0.1) is 36.5 Å². The van der Waals surface area contributed by atoms with Crippen molar-refractivity contribution >= 4 is 20.9 Å². The van der Waals surface area contributed by atoms with Crippen molar-refractivity contribution in [2.24, 2.45) is 0 Å². The van der Waals surface area contributed by atoms with Gasteiger partial charge in [-0.05, 0) is 55.0 Å². The zero-order chi connectivity index (χ0) is 23.6. The SMILES string of the molecule is CCOc1cc(C(CS(C)(=O)=O)n2c(=O)[nH]c3c(C4CCOCC4)cccc32)ccc1OC. The molecule has 8 nitrogen and oxygen atoms in total. The molecule has 0 amide bonds. The first-order chi connectivity index (χ1) is 15.8. The van der Waals surface area contributed by atoms with Gasteiger partial charge in [0.2, 0.25) is 0 Å². The zero-order valence-corrected chi connectivity index (χ0v) is 20.0. The number of ether oxygens (including phenoxy) is 3. The minimum atomic E-state index is -3.42. The van der Waals surface area contributed by atoms with Crippen molar-refractivity contribution < 1.29 is 22.6 Å². The maximum Gasteiger partial charge on any atom is 0.327 e. The van der Waals surface area contributed by atoms with Crippen LogP contribution in [0.25, 0.3) is 11.0 Å². The summed E-state index contributed by atoms with van der Waals surface area (Å²) >= 11 is 0. The first kappa shape index (κ1) is 23.4. The van der Waals surface area contributed by atoms with E-state index in [4.69, 9.17) is 14.2 Å². The number of nitrogens with one attached hydrogen (secondary N) is 1. The van der Waals surface area contributed by atoms with E-state index in [1.165, 1.54) is 6.26 Å². The molecule has 9 heteroatoms. The highest BCUT2D eigenvalue weighted by molar-refractivity contribution is 7.90. The van der Waals surface area contributed by atoms with Crippen molar-refractivity contribution in [3.63, 3.8) is 0 Å². The van der Waals surface area contributed by atoms with E-state index in [1.54, 1.807) is 29.9 Å². The molecule has 1 N–H and O–H groups in total. The lowest BCUT2D eigenvalue weighted by molar-refractivity contribution is 0.0856. The molecule has 1 aliphatic rings. The molecular formula is C24H30N2O6S. The quantitative estimate of drug-likeness (QED) is 0.538. The fraction of sp³-hybridized carbons (Fsp3) is 0.458. The predicted molar refractivity (Wildman–Crippen MR) is 127 cm³/mol. The van der Waals surface area contributed by atoms with Gasteiger partial charge >= 0.3 is 5.69 Å². The van der Waals surface area contributed by atoms with Crippen LogP contribution in [0.4, 0.5) is 0 Å². The number of fused-ring (bicyclic) bond motifs is 1. The second kappa shape index (κ2) is 9.61. The number of hydrogen-bond donors (Lipinski definition) is 1. The predicted octanol–water partition coefficient (Wildman–Crippen LogP) is 3.26. The highest BCUT2D eigenvalue weighted by atomic mass is 32.2. The van der Waals surface area contributed by atoms with E-state index in [-0.39, 0.29) is 17.4 Å². The molecule has 1 saturated heterocycles. The third-order valence-electron chi connectivity index (χ3n) is 6.09. The van der Waals surface area contributed by atoms with Crippen molar-refractivity contribution in [1.29, 1.82) is 0 Å². The Hall–Kier alpha value is -2.78. The van der Waals surface area contributed by atoms with E-state index in [0.717, 1.165) is 23.9 Å². The van der Waals surface area contributed by atoms with Crippen LogP contribution in [0.15, 0.2) is 41.2 Å². The number of rotatable bonds is 8. The number of hydrogen-bond acceptors (Lipinski definition) is 6. The standard InChI is InChI=1S/C24H30N2O6S/c1-4-32-22-14-17(8-9-21(22)30-2)20(15-33(3,28)29)26-19-7-5-6-18(23(19)25-24(26)27)16-10-12-31-13-11-16/h5-9,14,16,20H,4,10-13,15H2,1-3H3,(H,25,27). The van der Waals surface area contributed by atoms with Crippen molar-refractivity contribution in [3.8, 4) is 11.5 Å². The van der Waals surface area contributed by atoms with Gasteiger partial charge < -0.3 is 19.2 Å². The first-order valence-corrected chi connectivity index (χ1v) is 13.2. The lowest BCUT2D eigenvalue weighted by Crippen LogP contribution is -2.28. The molecule has 0 spiro atoms. The Bertz CT molecular complexity index is 1290. The molecular weight excluding hydrogens is 444 g/mol. The number of H-pyrrole nitrogens is 1. The number of imidazole rings is 1. The Morgan fingerprint density at radius 1 is 1.18 bits per heavy atom. The normalized spacial score (nSPS) is 16.1. The van der Waals surface area contributed by atoms with Gasteiger partial charge in [-0.2, -0.15) is 0 Å². The highest BCUT2D eigenvalue weighted by Crippen LogP contribution is 2.35. The average molecular weight is 475 g/mol. The second-order valence-electron chi connectivity index (χ2n) is 8.38. The van der Waals surface area contributed by atoms with E-state index in [0.29, 0.717) is 42.4 Å². The summed E-state index contributed by atoms with van der Waals surface area (Å²) in [6, 6.07) is 10.4. The van der Waals surface area contributed by atoms with Crippen LogP contribution in [0.2, 0.25) is 0 Å². The van der Waals surface area contributed by atoms with Gasteiger partial charge in [-0.1, -0.05) is 18.2 Å². The number of nitrogens with zero attached hydrogens (tertiary/aromatic N) is 1. The van der Waals surface area contributed by atoms with Crippen LogP contribution in [-0.4, -0.2) is 56.9 Å². The largest absolute Gasteiger partial charge is 0.493 e. The number of sulfone groups is 1. The van der Waals surface area contributed by atoms with Crippen molar-refractivity contribution in [2.45, 2.75) is 31.7 Å². The van der Waals surface area contributed by atoms with Gasteiger partial charge in [-0.3, -0.25) is 4.57 Å². The van der Waals surface area contributed by atoms with Crippen LogP contribution in [-0.2, 0) is 14.6 Å². The number of aromatic nitrogens is 2. The maximum atomic E-state index is 13.2. The lowest BCUT2D eigenvalue weighted by atomic mass is 9.91. The molecule has 2 heterocycles. The number of benzene rings is 2. The van der Waals surface area contributed by atoms with Crippen molar-refractivity contribution in [2.75, 3.05) is 38.9 Å². The number of aromatic amines is 1. The topological polar surface area (TPSA) is 99.6 Å². The van der Waals surface area contributed by atoms with E-state index in [2.05, 4.69) is 4.98 Å². The molecule has 1 aliphatic heterocycles. The summed E-state index contributed by atoms with van der Waals surface area (Å²) in [5.74, 6) is 1.12. The van der Waals surface area contributed by atoms with Crippen LogP contribution >= 0.6 is 0 Å². The molecule has 1 atom stereocenters. The molecule has 178 valence electrons. The smallest absolute Gasteiger partial charge is 0.327 e. The molecule has 2 aromatic carbocycles. The molecule has 1 fully saturated rings. The van der Waals surface area contributed by atoms with Crippen molar-refractivity contribution in [1.82, 2.24) is 9.55 Å². The summed E-state index contributed by atoms with van der Waals surface area (Å²) in [6.07, 6.45) is 2.95. The molecule has 1 unspecified atom stereocenters. The van der Waals surface area contributed by atoms with E-state index >= 15 is 0 Å². The van der Waals surface area contributed by atoms with Crippen LogP contribution in [0.1, 0.15) is 42.9 Å². The third kappa shape index (κ3) is 4.94. The maximum absolute atomic E-state index is 13.2. The van der Waals surface area contributed by atoms with Gasteiger partial charge in [0.25, 0.3) is 0 Å². The molecule has 1 aromatic heterocycles. The fourth-order valence-electron chi connectivity index (χ4n) is 4.60. The molecule has 3 aromatic rings. The Labute approximate surface area is 193 Å². The van der Waals surface area contributed by atoms with Crippen LogP contribution in [0.3, 0.4) is 0 Å². The van der Waals surface area contributed by atoms with E-state index in [1.807, 2.05) is 25.1 Å². The van der Waals surface area contributed by atoms with Gasteiger partial charge in [0.15, 0.2) is 11.5 Å². The summed E-state index contributed by atoms with van der Waals surface area (Å²) in [7, 11) is -1.87. The van der Waals surface area contributed by atoms with Crippen LogP contribution in [0, 0.1) is 0 Å². The van der Waals surface area contributed by atoms with Gasteiger partial charge in [-0.25, -0.2) is 13.2 Å². The van der Waals surface area contributed by atoms with Gasteiger partial charge in [0, 0.05) is 19.5 Å². The molecule has 0 bridgehead atoms. The molecule has 0 radical (unpaired) electrons. The zero-order valence-electron chi connectivity index (χ0n) is 19.2. The minimum absolute atomic E-state index is 0.223. The van der Waals surface area contributed by atoms with Gasteiger partial charge in [0.1, 0.15) is 9.84 Å². The number of methoxy groups -OCH3 is 1. The summed E-state index contributed by atoms with van der Waals surface area (Å²) in [4.78, 5) is 16.2. The first-order valence-electron chi connectivity index (χ1n) is 11.1. The summed E-state index contributed by atoms with van der Waals surface area (Å²) in [5.41, 5.74) is 2.82. The van der Waals surface area contributed by atoms with E-state index in [9.17, 15) is 13.2 Å². The molecule has 33 heavy (non-hydrogen) atoms. The summed E-state index contributed by atoms with van der Waals surface area (Å²) < 4.78 is 42.9. The summed E-state index contributed by atoms with van der Waals surface area (Å²) in [6.45, 7) is 3.67. The highest BCUT2D eigenvalue weighted by Gasteiger charge is 2.27. The lowest BCUT2D eigenvalue weighted by Gasteiger charge is -2.23. The summed E-state index contributed by atoms with van der Waals surface area (Å²) in [5, 5.41) is 0.